The number of H-pyrrole nitrogens is 1. The van der Waals surface area contributed by atoms with Crippen LogP contribution in [0.3, 0.4) is 0 Å². The summed E-state index contributed by atoms with van der Waals surface area (Å²) in [6.45, 7) is 1.37. The molecule has 0 unspecified atom stereocenters. The summed E-state index contributed by atoms with van der Waals surface area (Å²) < 4.78 is 4.68. The second kappa shape index (κ2) is 2.35. The van der Waals surface area contributed by atoms with E-state index in [9.17, 15) is 4.79 Å². The molecule has 9 heavy (non-hydrogen) atoms. The summed E-state index contributed by atoms with van der Waals surface area (Å²) in [5.74, 6) is 0.261. The number of esters is 1. The third-order valence-electron chi connectivity index (χ3n) is 0.831. The first-order valence-electron chi connectivity index (χ1n) is 2.60. The van der Waals surface area contributed by atoms with Gasteiger partial charge in [0.15, 0.2) is 0 Å². The first-order chi connectivity index (χ1) is 4.29. The van der Waals surface area contributed by atoms with Crippen molar-refractivity contribution in [3.63, 3.8) is 0 Å². The number of hydrogen-bond donors (Lipinski definition) is 1. The minimum atomic E-state index is -0.297. The predicted molar refractivity (Wildman–Crippen MR) is 32.1 cm³/mol. The zero-order valence-electron chi connectivity index (χ0n) is 5.05. The number of ether oxygens (including phenoxy) is 1. The van der Waals surface area contributed by atoms with Crippen molar-refractivity contribution in [2.75, 3.05) is 0 Å². The van der Waals surface area contributed by atoms with E-state index in [0.717, 1.165) is 0 Å². The Bertz CT molecular complexity index is 191. The molecule has 1 aromatic heterocycles. The molecule has 0 amide bonds. The van der Waals surface area contributed by atoms with E-state index in [1.165, 1.54) is 6.92 Å². The third kappa shape index (κ3) is 1.60. The fourth-order valence-corrected chi connectivity index (χ4v) is 0.538. The number of carbonyl (C=O) groups excluding carboxylic acids is 1. The van der Waals surface area contributed by atoms with Crippen molar-refractivity contribution in [2.45, 2.75) is 6.92 Å². The minimum absolute atomic E-state index is 0.297. The summed E-state index contributed by atoms with van der Waals surface area (Å²) in [4.78, 5) is 13.0. The van der Waals surface area contributed by atoms with Crippen molar-refractivity contribution in [3.05, 3.63) is 18.5 Å². The van der Waals surface area contributed by atoms with Gasteiger partial charge in [0, 0.05) is 19.3 Å². The summed E-state index contributed by atoms with van der Waals surface area (Å²) in [6.07, 6.45) is 3.31. The van der Waals surface area contributed by atoms with Gasteiger partial charge in [-0.25, -0.2) is 0 Å². The molecule has 0 saturated carbocycles. The second-order valence-corrected chi connectivity index (χ2v) is 1.64. The smallest absolute Gasteiger partial charge is 0.308 e. The van der Waals surface area contributed by atoms with Gasteiger partial charge in [-0.15, -0.1) is 0 Å². The number of carbonyl (C=O) groups is 1. The van der Waals surface area contributed by atoms with Crippen molar-refractivity contribution < 1.29 is 9.53 Å². The Labute approximate surface area is 52.6 Å². The number of aromatic nitrogens is 1. The fraction of sp³-hybridized carbons (Fsp3) is 0.167. The highest BCUT2D eigenvalue weighted by Crippen LogP contribution is 2.06. The van der Waals surface area contributed by atoms with Crippen molar-refractivity contribution in [3.8, 4) is 5.75 Å². The number of rotatable bonds is 1. The average Bonchev–Trinajstić information content (AvgIpc) is 2.15. The van der Waals surface area contributed by atoms with Gasteiger partial charge in [0.05, 0.1) is 0 Å². The van der Waals surface area contributed by atoms with Crippen LogP contribution in [0.5, 0.6) is 5.75 Å². The number of aromatic amines is 1. The molecule has 0 bridgehead atoms. The summed E-state index contributed by atoms with van der Waals surface area (Å²) >= 11 is 0. The summed E-state index contributed by atoms with van der Waals surface area (Å²) in [5, 5.41) is 0. The molecule has 1 rings (SSSR count). The molecule has 0 aliphatic carbocycles. The molecule has 0 atom stereocenters. The molecule has 0 aromatic carbocycles. The van der Waals surface area contributed by atoms with Gasteiger partial charge >= 0.3 is 5.97 Å². The van der Waals surface area contributed by atoms with E-state index in [0.29, 0.717) is 5.75 Å². The lowest BCUT2D eigenvalue weighted by Gasteiger charge is -1.92. The summed E-state index contributed by atoms with van der Waals surface area (Å²) in [6, 6.07) is 1.68. The van der Waals surface area contributed by atoms with Crippen LogP contribution in [0.15, 0.2) is 18.5 Å². The molecule has 0 aliphatic heterocycles. The van der Waals surface area contributed by atoms with Crippen molar-refractivity contribution in [1.29, 1.82) is 0 Å². The Morgan fingerprint density at radius 2 is 2.56 bits per heavy atom. The largest absolute Gasteiger partial charge is 0.425 e. The van der Waals surface area contributed by atoms with E-state index in [4.69, 9.17) is 0 Å². The SMILES string of the molecule is CC(=O)Oc1cc[nH]c1. The molecule has 3 nitrogen and oxygen atoms in total. The molecular weight excluding hydrogens is 118 g/mol. The summed E-state index contributed by atoms with van der Waals surface area (Å²) in [7, 11) is 0. The number of nitrogens with one attached hydrogen (secondary N) is 1. The van der Waals surface area contributed by atoms with Crippen LogP contribution >= 0.6 is 0 Å². The van der Waals surface area contributed by atoms with Crippen molar-refractivity contribution >= 4 is 5.97 Å². The molecule has 3 heteroatoms. The highest BCUT2D eigenvalue weighted by atomic mass is 16.5. The van der Waals surface area contributed by atoms with Gasteiger partial charge in [-0.3, -0.25) is 4.79 Å². The maximum absolute atomic E-state index is 10.3. The van der Waals surface area contributed by atoms with Gasteiger partial charge in [0.25, 0.3) is 0 Å². The number of hydrogen-bond acceptors (Lipinski definition) is 2. The van der Waals surface area contributed by atoms with Crippen LogP contribution in [0.4, 0.5) is 0 Å². The average molecular weight is 125 g/mol. The fourth-order valence-electron chi connectivity index (χ4n) is 0.538. The lowest BCUT2D eigenvalue weighted by Crippen LogP contribution is -1.99. The molecule has 48 valence electrons. The molecular formula is C6H7NO2. The van der Waals surface area contributed by atoms with Crippen LogP contribution in [0.1, 0.15) is 6.92 Å². The van der Waals surface area contributed by atoms with E-state index in [2.05, 4.69) is 9.72 Å². The van der Waals surface area contributed by atoms with Crippen molar-refractivity contribution in [1.82, 2.24) is 4.98 Å². The highest BCUT2D eigenvalue weighted by molar-refractivity contribution is 5.69. The third-order valence-corrected chi connectivity index (χ3v) is 0.831. The molecule has 1 N–H and O–H groups in total. The zero-order valence-corrected chi connectivity index (χ0v) is 5.05. The van der Waals surface area contributed by atoms with E-state index < -0.39 is 0 Å². The molecule has 1 heterocycles. The molecule has 0 aliphatic rings. The highest BCUT2D eigenvalue weighted by Gasteiger charge is 1.94. The minimum Gasteiger partial charge on any atom is -0.425 e. The van der Waals surface area contributed by atoms with Crippen LogP contribution in [0.2, 0.25) is 0 Å². The van der Waals surface area contributed by atoms with Gasteiger partial charge in [-0.2, -0.15) is 0 Å². The van der Waals surface area contributed by atoms with Gasteiger partial charge in [-0.1, -0.05) is 0 Å². The van der Waals surface area contributed by atoms with E-state index in [1.807, 2.05) is 0 Å². The quantitative estimate of drug-likeness (QED) is 0.567. The Balaban J connectivity index is 2.58. The van der Waals surface area contributed by atoms with E-state index in [-0.39, 0.29) is 5.97 Å². The molecule has 0 saturated heterocycles. The van der Waals surface area contributed by atoms with Gasteiger partial charge < -0.3 is 9.72 Å². The normalized spacial score (nSPS) is 9.00. The first kappa shape index (κ1) is 5.88. The Morgan fingerprint density at radius 3 is 3.00 bits per heavy atom. The van der Waals surface area contributed by atoms with Crippen LogP contribution in [-0.4, -0.2) is 11.0 Å². The Kier molecular flexibility index (Phi) is 1.53. The predicted octanol–water partition coefficient (Wildman–Crippen LogP) is 0.940. The standard InChI is InChI=1S/C6H7NO2/c1-5(8)9-6-2-3-7-4-6/h2-4,7H,1H3. The van der Waals surface area contributed by atoms with Gasteiger partial charge in [-0.05, 0) is 6.07 Å². The molecule has 0 spiro atoms. The monoisotopic (exact) mass is 125 g/mol. The first-order valence-corrected chi connectivity index (χ1v) is 2.60. The topological polar surface area (TPSA) is 42.1 Å². The molecule has 1 aromatic rings. The van der Waals surface area contributed by atoms with Gasteiger partial charge in [0.2, 0.25) is 0 Å². The van der Waals surface area contributed by atoms with Crippen LogP contribution in [0, 0.1) is 0 Å². The maximum atomic E-state index is 10.3. The zero-order chi connectivity index (χ0) is 6.69. The second-order valence-electron chi connectivity index (χ2n) is 1.64. The Morgan fingerprint density at radius 1 is 1.78 bits per heavy atom. The van der Waals surface area contributed by atoms with E-state index >= 15 is 0 Å². The van der Waals surface area contributed by atoms with Gasteiger partial charge in [0.1, 0.15) is 5.75 Å². The summed E-state index contributed by atoms with van der Waals surface area (Å²) in [5.41, 5.74) is 0. The van der Waals surface area contributed by atoms with Crippen LogP contribution < -0.4 is 4.74 Å². The Hall–Kier alpha value is -1.25. The molecule has 0 fully saturated rings. The molecule has 0 radical (unpaired) electrons. The van der Waals surface area contributed by atoms with Crippen LogP contribution in [0.25, 0.3) is 0 Å². The van der Waals surface area contributed by atoms with Crippen LogP contribution in [-0.2, 0) is 4.79 Å². The lowest BCUT2D eigenvalue weighted by molar-refractivity contribution is -0.131. The lowest BCUT2D eigenvalue weighted by atomic mass is 10.6. The maximum Gasteiger partial charge on any atom is 0.308 e. The van der Waals surface area contributed by atoms with E-state index in [1.54, 1.807) is 18.5 Å². The van der Waals surface area contributed by atoms with Crippen molar-refractivity contribution in [2.24, 2.45) is 0 Å².